The van der Waals surface area contributed by atoms with Gasteiger partial charge in [0.05, 0.1) is 0 Å². The molecule has 0 unspecified atom stereocenters. The highest BCUT2D eigenvalue weighted by molar-refractivity contribution is 5.95. The second-order valence-corrected chi connectivity index (χ2v) is 7.06. The Morgan fingerprint density at radius 3 is 2.16 bits per heavy atom. The van der Waals surface area contributed by atoms with E-state index >= 15 is 0 Å². The second kappa shape index (κ2) is 7.97. The molecule has 2 rings (SSSR count). The van der Waals surface area contributed by atoms with E-state index in [0.717, 1.165) is 11.3 Å². The summed E-state index contributed by atoms with van der Waals surface area (Å²) >= 11 is 0. The first-order valence-corrected chi connectivity index (χ1v) is 8.51. The molecule has 1 N–H and O–H groups in total. The van der Waals surface area contributed by atoms with Crippen LogP contribution in [0.5, 0.6) is 0 Å². The molecule has 4 nitrogen and oxygen atoms in total. The Hall–Kier alpha value is -2.62. The standard InChI is InChI=1S/C21H26N2O2/c1-16(24)23(19-13-9-8-12-18(19)21(2,3)4)15-14-22-20(25)17-10-6-5-7-11-17/h5-13H,14-15H2,1-4H3,(H,22,25). The van der Waals surface area contributed by atoms with Gasteiger partial charge in [-0.05, 0) is 29.2 Å². The number of para-hydroxylation sites is 1. The number of benzene rings is 2. The lowest BCUT2D eigenvalue weighted by Crippen LogP contribution is -2.38. The summed E-state index contributed by atoms with van der Waals surface area (Å²) in [6.45, 7) is 8.76. The number of amides is 2. The van der Waals surface area contributed by atoms with Crippen LogP contribution in [0.15, 0.2) is 54.6 Å². The van der Waals surface area contributed by atoms with Gasteiger partial charge in [-0.3, -0.25) is 9.59 Å². The lowest BCUT2D eigenvalue weighted by atomic mass is 9.85. The van der Waals surface area contributed by atoms with Crippen LogP contribution in [0.25, 0.3) is 0 Å². The molecule has 132 valence electrons. The van der Waals surface area contributed by atoms with Crippen molar-refractivity contribution in [2.45, 2.75) is 33.1 Å². The first kappa shape index (κ1) is 18.7. The molecule has 0 aliphatic carbocycles. The van der Waals surface area contributed by atoms with Gasteiger partial charge in [0, 0.05) is 31.3 Å². The lowest BCUT2D eigenvalue weighted by Gasteiger charge is -2.29. The molecule has 2 amide bonds. The minimum absolute atomic E-state index is 0.0364. The molecule has 0 spiro atoms. The summed E-state index contributed by atoms with van der Waals surface area (Å²) in [5.74, 6) is -0.168. The van der Waals surface area contributed by atoms with Crippen LogP contribution in [-0.4, -0.2) is 24.9 Å². The number of nitrogens with zero attached hydrogens (tertiary/aromatic N) is 1. The maximum absolute atomic E-state index is 12.2. The number of anilines is 1. The summed E-state index contributed by atoms with van der Waals surface area (Å²) < 4.78 is 0. The average molecular weight is 338 g/mol. The Bertz CT molecular complexity index is 733. The van der Waals surface area contributed by atoms with E-state index in [9.17, 15) is 9.59 Å². The smallest absolute Gasteiger partial charge is 0.251 e. The second-order valence-electron chi connectivity index (χ2n) is 7.06. The van der Waals surface area contributed by atoms with Gasteiger partial charge >= 0.3 is 0 Å². The van der Waals surface area contributed by atoms with Crippen LogP contribution in [0.3, 0.4) is 0 Å². The molecule has 0 aliphatic heterocycles. The molecule has 2 aromatic carbocycles. The van der Waals surface area contributed by atoms with Crippen molar-refractivity contribution in [2.24, 2.45) is 0 Å². The van der Waals surface area contributed by atoms with Crippen molar-refractivity contribution in [3.05, 3.63) is 65.7 Å². The van der Waals surface area contributed by atoms with E-state index < -0.39 is 0 Å². The predicted octanol–water partition coefficient (Wildman–Crippen LogP) is 3.77. The van der Waals surface area contributed by atoms with Crippen LogP contribution in [0.1, 0.15) is 43.6 Å². The Labute approximate surface area is 149 Å². The zero-order chi connectivity index (χ0) is 18.4. The maximum atomic E-state index is 12.2. The highest BCUT2D eigenvalue weighted by Crippen LogP contribution is 2.31. The summed E-state index contributed by atoms with van der Waals surface area (Å²) in [7, 11) is 0. The Kier molecular flexibility index (Phi) is 5.97. The summed E-state index contributed by atoms with van der Waals surface area (Å²) in [6, 6.07) is 17.0. The van der Waals surface area contributed by atoms with Crippen LogP contribution in [0.4, 0.5) is 5.69 Å². The van der Waals surface area contributed by atoms with Gasteiger partial charge in [-0.2, -0.15) is 0 Å². The van der Waals surface area contributed by atoms with Gasteiger partial charge in [-0.25, -0.2) is 0 Å². The molecule has 0 heterocycles. The first-order valence-electron chi connectivity index (χ1n) is 8.51. The fraction of sp³-hybridized carbons (Fsp3) is 0.333. The molecule has 0 saturated carbocycles. The Morgan fingerprint density at radius 2 is 1.56 bits per heavy atom. The topological polar surface area (TPSA) is 49.4 Å². The predicted molar refractivity (Wildman–Crippen MR) is 102 cm³/mol. The van der Waals surface area contributed by atoms with Crippen molar-refractivity contribution < 1.29 is 9.59 Å². The van der Waals surface area contributed by atoms with E-state index in [1.165, 1.54) is 0 Å². The molecule has 0 aliphatic rings. The Morgan fingerprint density at radius 1 is 0.960 bits per heavy atom. The molecular weight excluding hydrogens is 312 g/mol. The summed E-state index contributed by atoms with van der Waals surface area (Å²) in [5, 5.41) is 2.88. The van der Waals surface area contributed by atoms with Gasteiger partial charge in [0.25, 0.3) is 5.91 Å². The van der Waals surface area contributed by atoms with E-state index in [2.05, 4.69) is 26.1 Å². The van der Waals surface area contributed by atoms with Gasteiger partial charge in [0.15, 0.2) is 0 Å². The van der Waals surface area contributed by atoms with Crippen molar-refractivity contribution in [2.75, 3.05) is 18.0 Å². The molecule has 0 aromatic heterocycles. The van der Waals surface area contributed by atoms with E-state index in [1.54, 1.807) is 24.0 Å². The van der Waals surface area contributed by atoms with Crippen LogP contribution in [0.2, 0.25) is 0 Å². The fourth-order valence-electron chi connectivity index (χ4n) is 2.76. The number of hydrogen-bond donors (Lipinski definition) is 1. The highest BCUT2D eigenvalue weighted by atomic mass is 16.2. The van der Waals surface area contributed by atoms with E-state index in [4.69, 9.17) is 0 Å². The third-order valence-corrected chi connectivity index (χ3v) is 4.04. The summed E-state index contributed by atoms with van der Waals surface area (Å²) in [5.41, 5.74) is 2.56. The van der Waals surface area contributed by atoms with Gasteiger partial charge < -0.3 is 10.2 Å². The monoisotopic (exact) mass is 338 g/mol. The molecule has 4 heteroatoms. The fourth-order valence-corrected chi connectivity index (χ4v) is 2.76. The first-order chi connectivity index (χ1) is 11.8. The van der Waals surface area contributed by atoms with E-state index in [1.807, 2.05) is 42.5 Å². The minimum atomic E-state index is -0.131. The number of carbonyl (C=O) groups excluding carboxylic acids is 2. The number of hydrogen-bond acceptors (Lipinski definition) is 2. The van der Waals surface area contributed by atoms with Crippen molar-refractivity contribution in [3.8, 4) is 0 Å². The van der Waals surface area contributed by atoms with Gasteiger partial charge in [-0.15, -0.1) is 0 Å². The van der Waals surface area contributed by atoms with Crippen molar-refractivity contribution in [1.82, 2.24) is 5.32 Å². The summed E-state index contributed by atoms with van der Waals surface area (Å²) in [4.78, 5) is 26.1. The molecule has 2 aromatic rings. The Balaban J connectivity index is 2.10. The van der Waals surface area contributed by atoms with Gasteiger partial charge in [0.2, 0.25) is 5.91 Å². The third kappa shape index (κ3) is 4.92. The average Bonchev–Trinajstić information content (AvgIpc) is 2.58. The maximum Gasteiger partial charge on any atom is 0.251 e. The van der Waals surface area contributed by atoms with Crippen molar-refractivity contribution in [1.29, 1.82) is 0 Å². The van der Waals surface area contributed by atoms with Gasteiger partial charge in [-0.1, -0.05) is 57.2 Å². The highest BCUT2D eigenvalue weighted by Gasteiger charge is 2.22. The zero-order valence-electron chi connectivity index (χ0n) is 15.4. The summed E-state index contributed by atoms with van der Waals surface area (Å²) in [6.07, 6.45) is 0. The largest absolute Gasteiger partial charge is 0.350 e. The molecule has 0 radical (unpaired) electrons. The van der Waals surface area contributed by atoms with Crippen LogP contribution in [0, 0.1) is 0 Å². The lowest BCUT2D eigenvalue weighted by molar-refractivity contribution is -0.116. The van der Waals surface area contributed by atoms with Crippen LogP contribution >= 0.6 is 0 Å². The molecule has 0 saturated heterocycles. The number of carbonyl (C=O) groups is 2. The quantitative estimate of drug-likeness (QED) is 0.902. The van der Waals surface area contributed by atoms with Crippen molar-refractivity contribution in [3.63, 3.8) is 0 Å². The molecule has 0 atom stereocenters. The molecule has 0 fully saturated rings. The molecule has 25 heavy (non-hydrogen) atoms. The van der Waals surface area contributed by atoms with Crippen LogP contribution in [-0.2, 0) is 10.2 Å². The van der Waals surface area contributed by atoms with E-state index in [-0.39, 0.29) is 17.2 Å². The third-order valence-electron chi connectivity index (χ3n) is 4.04. The SMILES string of the molecule is CC(=O)N(CCNC(=O)c1ccccc1)c1ccccc1C(C)(C)C. The minimum Gasteiger partial charge on any atom is -0.350 e. The molecule has 0 bridgehead atoms. The number of nitrogens with one attached hydrogen (secondary N) is 1. The normalized spacial score (nSPS) is 11.0. The van der Waals surface area contributed by atoms with E-state index in [0.29, 0.717) is 18.7 Å². The number of rotatable bonds is 5. The van der Waals surface area contributed by atoms with Crippen molar-refractivity contribution >= 4 is 17.5 Å². The zero-order valence-corrected chi connectivity index (χ0v) is 15.4. The van der Waals surface area contributed by atoms with Crippen LogP contribution < -0.4 is 10.2 Å². The molecular formula is C21H26N2O2. The van der Waals surface area contributed by atoms with Gasteiger partial charge in [0.1, 0.15) is 0 Å².